The number of para-hydroxylation sites is 1. The number of aromatic amines is 1. The molecule has 1 amide bonds. The molecule has 0 aliphatic carbocycles. The summed E-state index contributed by atoms with van der Waals surface area (Å²) in [6.07, 6.45) is 3.61. The fraction of sp³-hybridized carbons (Fsp3) is 0.240. The second kappa shape index (κ2) is 8.22. The fourth-order valence-corrected chi connectivity index (χ4v) is 4.33. The maximum Gasteiger partial charge on any atom is 0.270 e. The number of hydrogen-bond acceptors (Lipinski definition) is 4. The van der Waals surface area contributed by atoms with E-state index in [1.54, 1.807) is 13.3 Å². The molecule has 6 nitrogen and oxygen atoms in total. The molecule has 1 N–H and O–H groups in total. The number of hydrogen-bond donors (Lipinski definition) is 1. The van der Waals surface area contributed by atoms with E-state index in [4.69, 9.17) is 4.74 Å². The van der Waals surface area contributed by atoms with Gasteiger partial charge in [0, 0.05) is 30.2 Å². The number of carbonyl (C=O) groups excluding carboxylic acids is 1. The van der Waals surface area contributed by atoms with Crippen LogP contribution in [0.25, 0.3) is 22.4 Å². The van der Waals surface area contributed by atoms with Crippen LogP contribution in [0.3, 0.4) is 0 Å². The van der Waals surface area contributed by atoms with Crippen molar-refractivity contribution in [1.29, 1.82) is 0 Å². The topological polar surface area (TPSA) is 71.1 Å². The third kappa shape index (κ3) is 3.77. The largest absolute Gasteiger partial charge is 0.496 e. The van der Waals surface area contributed by atoms with Crippen molar-refractivity contribution in [1.82, 2.24) is 19.9 Å². The minimum absolute atomic E-state index is 0.0118. The Bertz CT molecular complexity index is 1210. The van der Waals surface area contributed by atoms with E-state index in [9.17, 15) is 4.79 Å². The van der Waals surface area contributed by atoms with Crippen LogP contribution in [-0.2, 0) is 0 Å². The normalized spacial score (nSPS) is 14.7. The Balaban J connectivity index is 1.31. The number of rotatable bonds is 4. The Hall–Kier alpha value is -3.67. The molecule has 156 valence electrons. The van der Waals surface area contributed by atoms with Crippen molar-refractivity contribution in [2.45, 2.75) is 18.8 Å². The maximum atomic E-state index is 13.1. The number of fused-ring (bicyclic) bond motifs is 1. The van der Waals surface area contributed by atoms with Crippen LogP contribution >= 0.6 is 0 Å². The molecule has 0 atom stereocenters. The molecule has 31 heavy (non-hydrogen) atoms. The van der Waals surface area contributed by atoms with Gasteiger partial charge in [-0.05, 0) is 36.5 Å². The molecule has 1 aliphatic rings. The van der Waals surface area contributed by atoms with E-state index in [2.05, 4.69) is 21.0 Å². The molecule has 1 saturated heterocycles. The zero-order valence-corrected chi connectivity index (χ0v) is 17.4. The van der Waals surface area contributed by atoms with Crippen molar-refractivity contribution in [2.75, 3.05) is 20.2 Å². The number of ether oxygens (including phenoxy) is 1. The Morgan fingerprint density at radius 1 is 1.06 bits per heavy atom. The molecule has 4 aromatic rings. The van der Waals surface area contributed by atoms with E-state index in [0.717, 1.165) is 42.6 Å². The molecule has 1 fully saturated rings. The predicted octanol–water partition coefficient (Wildman–Crippen LogP) is 4.65. The van der Waals surface area contributed by atoms with Crippen LogP contribution in [0.2, 0.25) is 0 Å². The number of aromatic nitrogens is 3. The number of methoxy groups -OCH3 is 1. The van der Waals surface area contributed by atoms with Crippen LogP contribution in [0.5, 0.6) is 5.75 Å². The van der Waals surface area contributed by atoms with Gasteiger partial charge in [0.2, 0.25) is 0 Å². The van der Waals surface area contributed by atoms with Crippen molar-refractivity contribution >= 4 is 16.9 Å². The molecule has 0 bridgehead atoms. The van der Waals surface area contributed by atoms with E-state index in [1.165, 1.54) is 5.56 Å². The molecule has 3 heterocycles. The lowest BCUT2D eigenvalue weighted by Crippen LogP contribution is -2.38. The van der Waals surface area contributed by atoms with Gasteiger partial charge in [-0.2, -0.15) is 0 Å². The lowest BCUT2D eigenvalue weighted by Gasteiger charge is -2.32. The molecule has 1 aliphatic heterocycles. The number of H-pyrrole nitrogens is 1. The van der Waals surface area contributed by atoms with E-state index in [-0.39, 0.29) is 5.91 Å². The first kappa shape index (κ1) is 19.3. The summed E-state index contributed by atoms with van der Waals surface area (Å²) in [5.74, 6) is 1.99. The maximum absolute atomic E-state index is 13.1. The summed E-state index contributed by atoms with van der Waals surface area (Å²) in [4.78, 5) is 27.3. The highest BCUT2D eigenvalue weighted by molar-refractivity contribution is 5.97. The van der Waals surface area contributed by atoms with Gasteiger partial charge in [-0.3, -0.25) is 4.79 Å². The van der Waals surface area contributed by atoms with Gasteiger partial charge in [-0.15, -0.1) is 0 Å². The van der Waals surface area contributed by atoms with Gasteiger partial charge in [0.05, 0.1) is 7.11 Å². The van der Waals surface area contributed by atoms with Gasteiger partial charge in [-0.25, -0.2) is 9.97 Å². The standard InChI is InChI=1S/C25H24N4O2/c1-31-22-10-6-5-9-20(22)17-11-13-29(14-12-17)25(30)21-15-19-16-26-23(28-24(19)27-21)18-7-3-2-4-8-18/h2-10,15-17H,11-14H2,1H3,(H,26,27,28). The molecular weight excluding hydrogens is 388 g/mol. The van der Waals surface area contributed by atoms with Crippen LogP contribution in [0.4, 0.5) is 0 Å². The number of benzene rings is 2. The van der Waals surface area contributed by atoms with Crippen LogP contribution < -0.4 is 4.74 Å². The van der Waals surface area contributed by atoms with E-state index in [0.29, 0.717) is 23.1 Å². The van der Waals surface area contributed by atoms with Crippen molar-refractivity contribution in [3.8, 4) is 17.1 Å². The van der Waals surface area contributed by atoms with Crippen LogP contribution in [0, 0.1) is 0 Å². The van der Waals surface area contributed by atoms with E-state index in [1.807, 2.05) is 59.5 Å². The first-order chi connectivity index (χ1) is 15.2. The third-order valence-corrected chi connectivity index (χ3v) is 5.99. The average Bonchev–Trinajstić information content (AvgIpc) is 3.28. The smallest absolute Gasteiger partial charge is 0.270 e. The Morgan fingerprint density at radius 3 is 2.58 bits per heavy atom. The molecular formula is C25H24N4O2. The molecule has 0 saturated carbocycles. The summed E-state index contributed by atoms with van der Waals surface area (Å²) in [6.45, 7) is 1.44. The number of carbonyl (C=O) groups is 1. The minimum Gasteiger partial charge on any atom is -0.496 e. The lowest BCUT2D eigenvalue weighted by atomic mass is 9.88. The average molecular weight is 412 g/mol. The van der Waals surface area contributed by atoms with Gasteiger partial charge >= 0.3 is 0 Å². The van der Waals surface area contributed by atoms with Gasteiger partial charge in [0.15, 0.2) is 5.82 Å². The second-order valence-electron chi connectivity index (χ2n) is 7.86. The monoisotopic (exact) mass is 412 g/mol. The number of nitrogens with one attached hydrogen (secondary N) is 1. The Kier molecular flexibility index (Phi) is 5.12. The third-order valence-electron chi connectivity index (χ3n) is 5.99. The molecule has 2 aromatic heterocycles. The molecule has 2 aromatic carbocycles. The summed E-state index contributed by atoms with van der Waals surface area (Å²) < 4.78 is 5.52. The quantitative estimate of drug-likeness (QED) is 0.529. The van der Waals surface area contributed by atoms with Gasteiger partial charge < -0.3 is 14.6 Å². The highest BCUT2D eigenvalue weighted by atomic mass is 16.5. The summed E-state index contributed by atoms with van der Waals surface area (Å²) >= 11 is 0. The molecule has 5 rings (SSSR count). The van der Waals surface area contributed by atoms with E-state index < -0.39 is 0 Å². The molecule has 6 heteroatoms. The first-order valence-corrected chi connectivity index (χ1v) is 10.6. The Morgan fingerprint density at radius 2 is 1.81 bits per heavy atom. The zero-order valence-electron chi connectivity index (χ0n) is 17.4. The second-order valence-corrected chi connectivity index (χ2v) is 7.86. The lowest BCUT2D eigenvalue weighted by molar-refractivity contribution is 0.0707. The highest BCUT2D eigenvalue weighted by Gasteiger charge is 2.27. The van der Waals surface area contributed by atoms with Crippen molar-refractivity contribution in [3.05, 3.63) is 78.1 Å². The van der Waals surface area contributed by atoms with Gasteiger partial charge in [0.25, 0.3) is 5.91 Å². The van der Waals surface area contributed by atoms with Crippen LogP contribution in [0.15, 0.2) is 66.9 Å². The first-order valence-electron chi connectivity index (χ1n) is 10.6. The molecule has 0 unspecified atom stereocenters. The number of nitrogens with zero attached hydrogens (tertiary/aromatic N) is 3. The predicted molar refractivity (Wildman–Crippen MR) is 120 cm³/mol. The molecule has 0 radical (unpaired) electrons. The van der Waals surface area contributed by atoms with Crippen LogP contribution in [0.1, 0.15) is 34.8 Å². The molecule has 0 spiro atoms. The summed E-state index contributed by atoms with van der Waals surface area (Å²) in [5.41, 5.74) is 3.42. The van der Waals surface area contributed by atoms with Crippen molar-refractivity contribution in [3.63, 3.8) is 0 Å². The number of likely N-dealkylation sites (tertiary alicyclic amines) is 1. The van der Waals surface area contributed by atoms with E-state index >= 15 is 0 Å². The minimum atomic E-state index is 0.0118. The SMILES string of the molecule is COc1ccccc1C1CCN(C(=O)c2cc3cnc(-c4ccccc4)nc3[nH]2)CC1. The van der Waals surface area contributed by atoms with Crippen LogP contribution in [-0.4, -0.2) is 46.0 Å². The van der Waals surface area contributed by atoms with Crippen molar-refractivity contribution < 1.29 is 9.53 Å². The summed E-state index contributed by atoms with van der Waals surface area (Å²) in [7, 11) is 1.71. The summed E-state index contributed by atoms with van der Waals surface area (Å²) in [5, 5.41) is 0.840. The fourth-order valence-electron chi connectivity index (χ4n) is 4.33. The zero-order chi connectivity index (χ0) is 21.2. The highest BCUT2D eigenvalue weighted by Crippen LogP contribution is 2.34. The van der Waals surface area contributed by atoms with Crippen molar-refractivity contribution in [2.24, 2.45) is 0 Å². The van der Waals surface area contributed by atoms with Gasteiger partial charge in [0.1, 0.15) is 17.1 Å². The van der Waals surface area contributed by atoms with Gasteiger partial charge in [-0.1, -0.05) is 48.5 Å². The Labute approximate surface area is 180 Å². The number of piperidine rings is 1. The summed E-state index contributed by atoms with van der Waals surface area (Å²) in [6, 6.07) is 19.8. The number of amides is 1.